The molecular formula is C20H15F3N2O2S2. The summed E-state index contributed by atoms with van der Waals surface area (Å²) in [6.07, 6.45) is -4.20. The summed E-state index contributed by atoms with van der Waals surface area (Å²) in [6, 6.07) is 6.46. The zero-order chi connectivity index (χ0) is 20.8. The van der Waals surface area contributed by atoms with Crippen LogP contribution in [0.5, 0.6) is 0 Å². The number of fused-ring (bicyclic) bond motifs is 1. The van der Waals surface area contributed by atoms with Crippen molar-refractivity contribution in [2.75, 3.05) is 10.6 Å². The summed E-state index contributed by atoms with van der Waals surface area (Å²) < 4.78 is 38.7. The molecule has 0 saturated heterocycles. The van der Waals surface area contributed by atoms with Crippen molar-refractivity contribution in [1.29, 1.82) is 0 Å². The number of nitrogens with one attached hydrogen (secondary N) is 2. The zero-order valence-electron chi connectivity index (χ0n) is 15.1. The van der Waals surface area contributed by atoms with E-state index in [0.717, 1.165) is 40.2 Å². The third-order valence-corrected chi connectivity index (χ3v) is 6.71. The summed E-state index contributed by atoms with van der Waals surface area (Å²) in [5.41, 5.74) is 1.86. The number of anilines is 2. The lowest BCUT2D eigenvalue weighted by molar-refractivity contribution is -0.137. The SMILES string of the molecule is Cc1c(C(=O)Nc2cccc(C(F)(F)F)c2)sc2c1[C@H](c1ccsc1)CC(=O)N2. The Kier molecular flexibility index (Phi) is 4.95. The highest BCUT2D eigenvalue weighted by Crippen LogP contribution is 2.45. The summed E-state index contributed by atoms with van der Waals surface area (Å²) in [5.74, 6) is -0.768. The summed E-state index contributed by atoms with van der Waals surface area (Å²) in [5, 5.41) is 9.89. The van der Waals surface area contributed by atoms with E-state index in [1.54, 1.807) is 6.92 Å². The predicted molar refractivity (Wildman–Crippen MR) is 108 cm³/mol. The van der Waals surface area contributed by atoms with Crippen LogP contribution < -0.4 is 10.6 Å². The standard InChI is InChI=1S/C20H15F3N2O2S2/c1-10-16-14(11-5-6-28-9-11)8-15(26)25-19(16)29-17(10)18(27)24-13-4-2-3-12(7-13)20(21,22)23/h2-7,9,14H,8H2,1H3,(H,24,27)(H,25,26)/t14-/m0/s1. The minimum atomic E-state index is -4.49. The van der Waals surface area contributed by atoms with Crippen LogP contribution in [0.2, 0.25) is 0 Å². The number of hydrogen-bond acceptors (Lipinski definition) is 4. The summed E-state index contributed by atoms with van der Waals surface area (Å²) in [7, 11) is 0. The van der Waals surface area contributed by atoms with Gasteiger partial charge in [0.1, 0.15) is 0 Å². The minimum absolute atomic E-state index is 0.0639. The molecule has 4 rings (SSSR count). The van der Waals surface area contributed by atoms with Crippen molar-refractivity contribution in [3.63, 3.8) is 0 Å². The number of rotatable bonds is 3. The molecule has 2 amide bonds. The molecule has 0 saturated carbocycles. The minimum Gasteiger partial charge on any atom is -0.321 e. The van der Waals surface area contributed by atoms with Crippen molar-refractivity contribution in [3.05, 3.63) is 68.2 Å². The first-order valence-electron chi connectivity index (χ1n) is 8.68. The molecule has 4 nitrogen and oxygen atoms in total. The van der Waals surface area contributed by atoms with E-state index in [1.165, 1.54) is 23.5 Å². The van der Waals surface area contributed by atoms with Gasteiger partial charge in [0.15, 0.2) is 0 Å². The van der Waals surface area contributed by atoms with E-state index < -0.39 is 17.6 Å². The van der Waals surface area contributed by atoms with Gasteiger partial charge in [0.2, 0.25) is 5.91 Å². The third kappa shape index (κ3) is 3.79. The first-order valence-corrected chi connectivity index (χ1v) is 10.4. The van der Waals surface area contributed by atoms with Gasteiger partial charge in [0.25, 0.3) is 5.91 Å². The van der Waals surface area contributed by atoms with Crippen LogP contribution in [0.15, 0.2) is 41.1 Å². The van der Waals surface area contributed by atoms with Crippen LogP contribution in [0.3, 0.4) is 0 Å². The number of hydrogen-bond donors (Lipinski definition) is 2. The number of carbonyl (C=O) groups excluding carboxylic acids is 2. The molecule has 0 spiro atoms. The second kappa shape index (κ2) is 7.31. The van der Waals surface area contributed by atoms with E-state index in [1.807, 2.05) is 16.8 Å². The lowest BCUT2D eigenvalue weighted by Crippen LogP contribution is -2.22. The number of carbonyl (C=O) groups is 2. The molecule has 1 atom stereocenters. The predicted octanol–water partition coefficient (Wildman–Crippen LogP) is 5.86. The van der Waals surface area contributed by atoms with Gasteiger partial charge in [-0.25, -0.2) is 0 Å². The Hall–Kier alpha value is -2.65. The van der Waals surface area contributed by atoms with Crippen molar-refractivity contribution in [2.45, 2.75) is 25.4 Å². The van der Waals surface area contributed by atoms with Crippen LogP contribution in [-0.2, 0) is 11.0 Å². The average Bonchev–Trinajstić information content (AvgIpc) is 3.29. The van der Waals surface area contributed by atoms with Crippen molar-refractivity contribution in [3.8, 4) is 0 Å². The Balaban J connectivity index is 1.66. The maximum Gasteiger partial charge on any atom is 0.416 e. The largest absolute Gasteiger partial charge is 0.416 e. The van der Waals surface area contributed by atoms with Gasteiger partial charge in [-0.15, -0.1) is 11.3 Å². The highest BCUT2D eigenvalue weighted by molar-refractivity contribution is 7.18. The molecule has 0 bridgehead atoms. The molecule has 1 aliphatic rings. The number of amides is 2. The van der Waals surface area contributed by atoms with E-state index in [-0.39, 0.29) is 23.9 Å². The number of thiophene rings is 2. The molecule has 1 aromatic carbocycles. The van der Waals surface area contributed by atoms with Crippen LogP contribution in [-0.4, -0.2) is 11.8 Å². The fraction of sp³-hybridized carbons (Fsp3) is 0.200. The van der Waals surface area contributed by atoms with Crippen molar-refractivity contribution in [1.82, 2.24) is 0 Å². The van der Waals surface area contributed by atoms with Crippen molar-refractivity contribution < 1.29 is 22.8 Å². The normalized spacial score (nSPS) is 16.3. The van der Waals surface area contributed by atoms with Gasteiger partial charge in [0, 0.05) is 18.0 Å². The molecule has 1 aliphatic heterocycles. The van der Waals surface area contributed by atoms with Gasteiger partial charge in [0.05, 0.1) is 15.4 Å². The zero-order valence-corrected chi connectivity index (χ0v) is 16.7. The Morgan fingerprint density at radius 2 is 2.07 bits per heavy atom. The van der Waals surface area contributed by atoms with Crippen LogP contribution in [0, 0.1) is 6.92 Å². The Morgan fingerprint density at radius 1 is 1.28 bits per heavy atom. The second-order valence-corrected chi connectivity index (χ2v) is 8.49. The quantitative estimate of drug-likeness (QED) is 0.540. The van der Waals surface area contributed by atoms with Gasteiger partial charge < -0.3 is 10.6 Å². The van der Waals surface area contributed by atoms with Gasteiger partial charge in [-0.3, -0.25) is 9.59 Å². The van der Waals surface area contributed by atoms with Gasteiger partial charge in [-0.1, -0.05) is 6.07 Å². The van der Waals surface area contributed by atoms with E-state index in [9.17, 15) is 22.8 Å². The van der Waals surface area contributed by atoms with Gasteiger partial charge >= 0.3 is 6.18 Å². The lowest BCUT2D eigenvalue weighted by Gasteiger charge is -2.23. The number of benzene rings is 1. The highest BCUT2D eigenvalue weighted by atomic mass is 32.1. The molecular weight excluding hydrogens is 421 g/mol. The topological polar surface area (TPSA) is 58.2 Å². The fourth-order valence-corrected chi connectivity index (χ4v) is 5.33. The molecule has 0 fully saturated rings. The molecule has 3 aromatic rings. The molecule has 0 aliphatic carbocycles. The van der Waals surface area contributed by atoms with Gasteiger partial charge in [-0.05, 0) is 58.6 Å². The Morgan fingerprint density at radius 3 is 2.76 bits per heavy atom. The molecule has 150 valence electrons. The lowest BCUT2D eigenvalue weighted by atomic mass is 9.86. The second-order valence-electron chi connectivity index (χ2n) is 6.69. The number of halogens is 3. The number of alkyl halides is 3. The van der Waals surface area contributed by atoms with E-state index in [4.69, 9.17) is 0 Å². The smallest absolute Gasteiger partial charge is 0.321 e. The van der Waals surface area contributed by atoms with Crippen LogP contribution in [0.4, 0.5) is 23.9 Å². The molecule has 3 heterocycles. The summed E-state index contributed by atoms with van der Waals surface area (Å²) >= 11 is 2.67. The monoisotopic (exact) mass is 436 g/mol. The van der Waals surface area contributed by atoms with Crippen LogP contribution in [0.1, 0.15) is 44.3 Å². The molecule has 0 unspecified atom stereocenters. The summed E-state index contributed by atoms with van der Waals surface area (Å²) in [6.45, 7) is 1.80. The average molecular weight is 436 g/mol. The molecule has 9 heteroatoms. The van der Waals surface area contributed by atoms with E-state index in [2.05, 4.69) is 10.6 Å². The fourth-order valence-electron chi connectivity index (χ4n) is 3.44. The Bertz CT molecular complexity index is 1090. The Labute approximate surface area is 172 Å². The first kappa shape index (κ1) is 19.7. The maximum atomic E-state index is 12.9. The molecule has 2 aromatic heterocycles. The van der Waals surface area contributed by atoms with E-state index >= 15 is 0 Å². The van der Waals surface area contributed by atoms with Crippen molar-refractivity contribution in [2.24, 2.45) is 0 Å². The first-order chi connectivity index (χ1) is 13.7. The van der Waals surface area contributed by atoms with Gasteiger partial charge in [-0.2, -0.15) is 24.5 Å². The van der Waals surface area contributed by atoms with Crippen LogP contribution >= 0.6 is 22.7 Å². The molecule has 2 N–H and O–H groups in total. The van der Waals surface area contributed by atoms with E-state index in [0.29, 0.717) is 9.88 Å². The van der Waals surface area contributed by atoms with Crippen LogP contribution in [0.25, 0.3) is 0 Å². The molecule has 29 heavy (non-hydrogen) atoms. The third-order valence-electron chi connectivity index (χ3n) is 4.78. The highest BCUT2D eigenvalue weighted by Gasteiger charge is 2.33. The molecule has 0 radical (unpaired) electrons. The van der Waals surface area contributed by atoms with Crippen molar-refractivity contribution >= 4 is 45.2 Å². The summed E-state index contributed by atoms with van der Waals surface area (Å²) in [4.78, 5) is 25.3. The maximum absolute atomic E-state index is 12.9.